The number of nitrogens with zero attached hydrogens (tertiary/aromatic N) is 1. The first kappa shape index (κ1) is 17.3. The molecule has 1 fully saturated rings. The summed E-state index contributed by atoms with van der Waals surface area (Å²) in [5, 5.41) is 11.3. The molecule has 126 valence electrons. The lowest BCUT2D eigenvalue weighted by Gasteiger charge is -2.14. The zero-order valence-corrected chi connectivity index (χ0v) is 14.9. The van der Waals surface area contributed by atoms with E-state index in [1.165, 1.54) is 24.3 Å². The van der Waals surface area contributed by atoms with Gasteiger partial charge >= 0.3 is 0 Å². The van der Waals surface area contributed by atoms with Crippen LogP contribution in [0.2, 0.25) is 0 Å². The first-order valence-corrected chi connectivity index (χ1v) is 10.7. The summed E-state index contributed by atoms with van der Waals surface area (Å²) >= 11 is 1.83. The van der Waals surface area contributed by atoms with Crippen molar-refractivity contribution in [2.24, 2.45) is 0 Å². The van der Waals surface area contributed by atoms with E-state index in [-0.39, 0.29) is 10.6 Å². The molecule has 0 spiro atoms. The Morgan fingerprint density at radius 3 is 2.62 bits per heavy atom. The number of thioether (sulfide) groups is 1. The maximum Gasteiger partial charge on any atom is 0.270 e. The van der Waals surface area contributed by atoms with E-state index in [1.807, 2.05) is 11.8 Å². The average Bonchev–Trinajstić information content (AvgIpc) is 3.08. The fourth-order valence-electron chi connectivity index (χ4n) is 2.81. The van der Waals surface area contributed by atoms with Crippen molar-refractivity contribution in [2.45, 2.75) is 23.0 Å². The Kier molecular flexibility index (Phi) is 4.85. The molecule has 0 radical (unpaired) electrons. The van der Waals surface area contributed by atoms with Gasteiger partial charge in [-0.3, -0.25) is 10.1 Å². The SMILES string of the molecule is O=[N+]([O-])c1cccc(-c2cc(C3CCCS3)ccc2S(=O)(=O)Cl)c1. The van der Waals surface area contributed by atoms with Crippen LogP contribution in [0.3, 0.4) is 0 Å². The second kappa shape index (κ2) is 6.74. The second-order valence-corrected chi connectivity index (χ2v) is 9.35. The number of halogens is 1. The molecule has 2 aromatic rings. The number of hydrogen-bond donors (Lipinski definition) is 0. The smallest absolute Gasteiger partial charge is 0.258 e. The standard InChI is InChI=1S/C16H14ClNO4S2/c17-24(21,22)16-7-6-12(15-5-2-8-23-15)10-14(16)11-3-1-4-13(9-11)18(19)20/h1,3-4,6-7,9-10,15H,2,5,8H2. The predicted octanol–water partition coefficient (Wildman–Crippen LogP) is 4.76. The van der Waals surface area contributed by atoms with Crippen molar-refractivity contribution < 1.29 is 13.3 Å². The van der Waals surface area contributed by atoms with Gasteiger partial charge in [-0.1, -0.05) is 18.2 Å². The quantitative estimate of drug-likeness (QED) is 0.432. The van der Waals surface area contributed by atoms with Crippen LogP contribution in [-0.4, -0.2) is 19.1 Å². The molecule has 1 aliphatic rings. The molecule has 8 heteroatoms. The van der Waals surface area contributed by atoms with Crippen LogP contribution >= 0.6 is 22.4 Å². The predicted molar refractivity (Wildman–Crippen MR) is 96.0 cm³/mol. The minimum absolute atomic E-state index is 0.0311. The van der Waals surface area contributed by atoms with E-state index in [0.717, 1.165) is 24.2 Å². The number of non-ortho nitro benzene ring substituents is 1. The van der Waals surface area contributed by atoms with Gasteiger partial charge < -0.3 is 0 Å². The Bertz CT molecular complexity index is 893. The first-order chi connectivity index (χ1) is 11.4. The molecule has 0 saturated carbocycles. The summed E-state index contributed by atoms with van der Waals surface area (Å²) in [6, 6.07) is 11.0. The molecule has 0 N–H and O–H groups in total. The van der Waals surface area contributed by atoms with Crippen LogP contribution in [0.5, 0.6) is 0 Å². The summed E-state index contributed by atoms with van der Waals surface area (Å²) in [5.74, 6) is 1.08. The van der Waals surface area contributed by atoms with Crippen molar-refractivity contribution in [1.82, 2.24) is 0 Å². The lowest BCUT2D eigenvalue weighted by Crippen LogP contribution is -1.98. The Morgan fingerprint density at radius 1 is 1.21 bits per heavy atom. The number of nitro benzene ring substituents is 1. The van der Waals surface area contributed by atoms with Gasteiger partial charge in [0.1, 0.15) is 0 Å². The summed E-state index contributed by atoms with van der Waals surface area (Å²) in [4.78, 5) is 10.5. The van der Waals surface area contributed by atoms with Gasteiger partial charge in [0.05, 0.1) is 9.82 Å². The van der Waals surface area contributed by atoms with E-state index >= 15 is 0 Å². The lowest BCUT2D eigenvalue weighted by atomic mass is 10.00. The normalized spacial score (nSPS) is 17.8. The van der Waals surface area contributed by atoms with Crippen LogP contribution in [0.4, 0.5) is 5.69 Å². The summed E-state index contributed by atoms with van der Waals surface area (Å²) in [7, 11) is 1.60. The van der Waals surface area contributed by atoms with Crippen molar-refractivity contribution in [3.8, 4) is 11.1 Å². The molecule has 1 atom stereocenters. The van der Waals surface area contributed by atoms with Crippen LogP contribution in [0.1, 0.15) is 23.7 Å². The van der Waals surface area contributed by atoms with Gasteiger partial charge in [0, 0.05) is 33.6 Å². The molecule has 24 heavy (non-hydrogen) atoms. The summed E-state index contributed by atoms with van der Waals surface area (Å²) in [6.07, 6.45) is 2.16. The highest BCUT2D eigenvalue weighted by Gasteiger charge is 2.23. The molecule has 0 aliphatic carbocycles. The highest BCUT2D eigenvalue weighted by molar-refractivity contribution is 8.13. The van der Waals surface area contributed by atoms with Crippen molar-refractivity contribution in [1.29, 1.82) is 0 Å². The summed E-state index contributed by atoms with van der Waals surface area (Å²) < 4.78 is 23.8. The van der Waals surface area contributed by atoms with E-state index in [2.05, 4.69) is 0 Å². The van der Waals surface area contributed by atoms with Gasteiger partial charge in [-0.25, -0.2) is 8.42 Å². The molecule has 1 aliphatic heterocycles. The van der Waals surface area contributed by atoms with Gasteiger partial charge in [-0.15, -0.1) is 0 Å². The molecule has 0 bridgehead atoms. The molecule has 1 unspecified atom stereocenters. The largest absolute Gasteiger partial charge is 0.270 e. The van der Waals surface area contributed by atoms with E-state index in [9.17, 15) is 18.5 Å². The van der Waals surface area contributed by atoms with Gasteiger partial charge in [0.15, 0.2) is 0 Å². The Balaban J connectivity index is 2.17. The Hall–Kier alpha value is -1.57. The fourth-order valence-corrected chi connectivity index (χ4v) is 5.18. The van der Waals surface area contributed by atoms with Crippen LogP contribution in [-0.2, 0) is 9.05 Å². The molecule has 5 nitrogen and oxygen atoms in total. The molecular weight excluding hydrogens is 370 g/mol. The molecule has 0 aromatic heterocycles. The molecule has 1 saturated heterocycles. The van der Waals surface area contributed by atoms with Gasteiger partial charge in [0.25, 0.3) is 14.7 Å². The van der Waals surface area contributed by atoms with Crippen molar-refractivity contribution >= 4 is 37.2 Å². The van der Waals surface area contributed by atoms with Crippen LogP contribution in [0, 0.1) is 10.1 Å². The zero-order chi connectivity index (χ0) is 17.3. The van der Waals surface area contributed by atoms with Gasteiger partial charge in [0.2, 0.25) is 0 Å². The number of benzene rings is 2. The van der Waals surface area contributed by atoms with Crippen LogP contribution in [0.25, 0.3) is 11.1 Å². The van der Waals surface area contributed by atoms with E-state index < -0.39 is 14.0 Å². The molecule has 2 aromatic carbocycles. The van der Waals surface area contributed by atoms with Crippen molar-refractivity contribution in [3.63, 3.8) is 0 Å². The Labute approximate surface area is 148 Å². The van der Waals surface area contributed by atoms with Crippen molar-refractivity contribution in [3.05, 3.63) is 58.1 Å². The van der Waals surface area contributed by atoms with E-state index in [4.69, 9.17) is 10.7 Å². The molecule has 1 heterocycles. The molecular formula is C16H14ClNO4S2. The fraction of sp³-hybridized carbons (Fsp3) is 0.250. The number of rotatable bonds is 4. The van der Waals surface area contributed by atoms with Gasteiger partial charge in [-0.05, 0) is 41.9 Å². The maximum absolute atomic E-state index is 11.9. The zero-order valence-electron chi connectivity index (χ0n) is 12.5. The minimum Gasteiger partial charge on any atom is -0.258 e. The van der Waals surface area contributed by atoms with E-state index in [0.29, 0.717) is 16.4 Å². The topological polar surface area (TPSA) is 77.3 Å². The highest BCUT2D eigenvalue weighted by atomic mass is 35.7. The van der Waals surface area contributed by atoms with Gasteiger partial charge in [-0.2, -0.15) is 11.8 Å². The summed E-state index contributed by atoms with van der Waals surface area (Å²) in [6.45, 7) is 0. The first-order valence-electron chi connectivity index (χ1n) is 7.31. The second-order valence-electron chi connectivity index (χ2n) is 5.50. The third-order valence-electron chi connectivity index (χ3n) is 3.94. The minimum atomic E-state index is -3.96. The Morgan fingerprint density at radius 2 is 2.00 bits per heavy atom. The third-order valence-corrected chi connectivity index (χ3v) is 6.75. The van der Waals surface area contributed by atoms with Crippen LogP contribution in [0.15, 0.2) is 47.4 Å². The summed E-state index contributed by atoms with van der Waals surface area (Å²) in [5.41, 5.74) is 1.79. The van der Waals surface area contributed by atoms with Crippen molar-refractivity contribution in [2.75, 3.05) is 5.75 Å². The highest BCUT2D eigenvalue weighted by Crippen LogP contribution is 2.42. The van der Waals surface area contributed by atoms with Crippen LogP contribution < -0.4 is 0 Å². The lowest BCUT2D eigenvalue weighted by molar-refractivity contribution is -0.384. The maximum atomic E-state index is 11.9. The monoisotopic (exact) mass is 383 g/mol. The number of nitro groups is 1. The third kappa shape index (κ3) is 3.58. The van der Waals surface area contributed by atoms with E-state index in [1.54, 1.807) is 18.2 Å². The average molecular weight is 384 g/mol. The number of hydrogen-bond acceptors (Lipinski definition) is 5. The molecule has 3 rings (SSSR count). The molecule has 0 amide bonds.